The maximum Gasteiger partial charge on any atom is 0.295 e. The second-order valence-corrected chi connectivity index (χ2v) is 8.38. The second kappa shape index (κ2) is 11.3. The van der Waals surface area contributed by atoms with E-state index in [-0.39, 0.29) is 11.3 Å². The fraction of sp³-hybridized carbons (Fsp3) is 0.385. The zero-order valence-electron chi connectivity index (χ0n) is 19.4. The molecule has 0 aromatic heterocycles. The number of likely N-dealkylation sites (tertiary alicyclic amines) is 1. The summed E-state index contributed by atoms with van der Waals surface area (Å²) in [6.07, 6.45) is 0.864. The molecule has 0 aliphatic carbocycles. The molecule has 0 spiro atoms. The quantitative estimate of drug-likeness (QED) is 0.304. The third-order valence-electron chi connectivity index (χ3n) is 5.86. The lowest BCUT2D eigenvalue weighted by Crippen LogP contribution is -2.38. The molecule has 1 amide bonds. The van der Waals surface area contributed by atoms with Crippen molar-refractivity contribution in [3.63, 3.8) is 0 Å². The van der Waals surface area contributed by atoms with Crippen LogP contribution >= 0.6 is 11.6 Å². The van der Waals surface area contributed by atoms with Crippen LogP contribution < -0.4 is 4.74 Å². The van der Waals surface area contributed by atoms with Crippen LogP contribution in [0.15, 0.2) is 54.1 Å². The van der Waals surface area contributed by atoms with Gasteiger partial charge >= 0.3 is 0 Å². The first-order chi connectivity index (χ1) is 15.9. The molecule has 0 bridgehead atoms. The van der Waals surface area contributed by atoms with Crippen LogP contribution in [0, 0.1) is 0 Å². The van der Waals surface area contributed by atoms with Gasteiger partial charge in [0.1, 0.15) is 11.5 Å². The van der Waals surface area contributed by atoms with Crippen molar-refractivity contribution in [2.75, 3.05) is 32.8 Å². The lowest BCUT2D eigenvalue weighted by atomic mass is 9.95. The van der Waals surface area contributed by atoms with Crippen LogP contribution in [0.25, 0.3) is 5.76 Å². The van der Waals surface area contributed by atoms with Crippen molar-refractivity contribution in [1.29, 1.82) is 0 Å². The molecule has 1 heterocycles. The van der Waals surface area contributed by atoms with E-state index in [0.717, 1.165) is 25.1 Å². The molecule has 1 aliphatic heterocycles. The largest absolute Gasteiger partial charge is 0.507 e. The molecule has 0 saturated carbocycles. The molecule has 1 aliphatic rings. The number of likely N-dealkylation sites (N-methyl/N-ethyl adjacent to an activating group) is 1. The molecule has 1 N–H and O–H groups in total. The Morgan fingerprint density at radius 1 is 1.09 bits per heavy atom. The van der Waals surface area contributed by atoms with Crippen LogP contribution in [0.3, 0.4) is 0 Å². The number of ether oxygens (including phenoxy) is 1. The Balaban J connectivity index is 2.08. The van der Waals surface area contributed by atoms with E-state index in [9.17, 15) is 14.7 Å². The maximum atomic E-state index is 13.1. The highest BCUT2D eigenvalue weighted by atomic mass is 35.5. The number of hydrogen-bond donors (Lipinski definition) is 1. The van der Waals surface area contributed by atoms with E-state index in [1.165, 1.54) is 0 Å². The van der Waals surface area contributed by atoms with E-state index in [0.29, 0.717) is 36.0 Å². The van der Waals surface area contributed by atoms with Gasteiger partial charge in [-0.15, -0.1) is 0 Å². The molecule has 1 fully saturated rings. The Kier molecular flexibility index (Phi) is 8.53. The van der Waals surface area contributed by atoms with Crippen molar-refractivity contribution in [1.82, 2.24) is 9.80 Å². The number of amides is 1. The summed E-state index contributed by atoms with van der Waals surface area (Å²) in [7, 11) is 0. The number of benzene rings is 2. The molecule has 7 heteroatoms. The lowest BCUT2D eigenvalue weighted by molar-refractivity contribution is -0.140. The monoisotopic (exact) mass is 470 g/mol. The van der Waals surface area contributed by atoms with Gasteiger partial charge in [-0.1, -0.05) is 44.5 Å². The third kappa shape index (κ3) is 5.57. The molecule has 1 saturated heterocycles. The highest BCUT2D eigenvalue weighted by Crippen LogP contribution is 2.40. The number of rotatable bonds is 10. The first kappa shape index (κ1) is 24.8. The number of carbonyl (C=O) groups is 2. The van der Waals surface area contributed by atoms with Gasteiger partial charge in [0, 0.05) is 23.7 Å². The van der Waals surface area contributed by atoms with E-state index in [1.54, 1.807) is 29.2 Å². The van der Waals surface area contributed by atoms with Gasteiger partial charge in [0.05, 0.1) is 18.2 Å². The fourth-order valence-electron chi connectivity index (χ4n) is 4.00. The van der Waals surface area contributed by atoms with Gasteiger partial charge in [-0.3, -0.25) is 9.59 Å². The number of ketones is 1. The van der Waals surface area contributed by atoms with Crippen LogP contribution in [0.5, 0.6) is 5.75 Å². The molecule has 1 atom stereocenters. The summed E-state index contributed by atoms with van der Waals surface area (Å²) in [5.74, 6) is -0.843. The standard InChI is InChI=1S/C26H31ClN2O4/c1-4-16-33-21-9-7-8-19(17-21)23-22(24(30)18-10-12-20(27)13-11-18)25(31)26(32)29(23)15-14-28(5-2)6-3/h7-13,17,23,30H,4-6,14-16H2,1-3H3/t23-/m0/s1. The average Bonchev–Trinajstić information content (AvgIpc) is 3.08. The summed E-state index contributed by atoms with van der Waals surface area (Å²) in [4.78, 5) is 30.0. The molecular formula is C26H31ClN2O4. The Bertz CT molecular complexity index is 1020. The molecule has 176 valence electrons. The Hall–Kier alpha value is -2.83. The maximum absolute atomic E-state index is 13.1. The minimum absolute atomic E-state index is 0.0783. The van der Waals surface area contributed by atoms with E-state index in [2.05, 4.69) is 18.7 Å². The van der Waals surface area contributed by atoms with Crippen molar-refractivity contribution in [3.05, 3.63) is 70.3 Å². The smallest absolute Gasteiger partial charge is 0.295 e. The molecule has 2 aromatic carbocycles. The van der Waals surface area contributed by atoms with Gasteiger partial charge in [-0.2, -0.15) is 0 Å². The molecule has 0 radical (unpaired) electrons. The summed E-state index contributed by atoms with van der Waals surface area (Å²) >= 11 is 5.99. The van der Waals surface area contributed by atoms with Crippen molar-refractivity contribution < 1.29 is 19.4 Å². The van der Waals surface area contributed by atoms with Crippen molar-refractivity contribution in [3.8, 4) is 5.75 Å². The summed E-state index contributed by atoms with van der Waals surface area (Å²) in [5.41, 5.74) is 1.23. The minimum atomic E-state index is -0.707. The number of carbonyl (C=O) groups excluding carboxylic acids is 2. The van der Waals surface area contributed by atoms with Gasteiger partial charge in [0.15, 0.2) is 0 Å². The average molecular weight is 471 g/mol. The van der Waals surface area contributed by atoms with Crippen LogP contribution in [0.2, 0.25) is 5.02 Å². The number of hydrogen-bond acceptors (Lipinski definition) is 5. The number of halogens is 1. The molecule has 6 nitrogen and oxygen atoms in total. The highest BCUT2D eigenvalue weighted by Gasteiger charge is 2.46. The summed E-state index contributed by atoms with van der Waals surface area (Å²) in [6.45, 7) is 9.40. The zero-order valence-corrected chi connectivity index (χ0v) is 20.1. The molecule has 3 rings (SSSR count). The predicted octanol–water partition coefficient (Wildman–Crippen LogP) is 4.89. The van der Waals surface area contributed by atoms with Gasteiger partial charge in [-0.05, 0) is 61.5 Å². The topological polar surface area (TPSA) is 70.1 Å². The van der Waals surface area contributed by atoms with Gasteiger partial charge in [-0.25, -0.2) is 0 Å². The number of Topliss-reactive ketones (excluding diaryl/α,β-unsaturated/α-hetero) is 1. The van der Waals surface area contributed by atoms with Crippen LogP contribution in [0.1, 0.15) is 44.4 Å². The molecule has 0 unspecified atom stereocenters. The van der Waals surface area contributed by atoms with Gasteiger partial charge < -0.3 is 19.6 Å². The Morgan fingerprint density at radius 3 is 2.42 bits per heavy atom. The number of aliphatic hydroxyl groups excluding tert-OH is 1. The summed E-state index contributed by atoms with van der Waals surface area (Å²) < 4.78 is 5.78. The Morgan fingerprint density at radius 2 is 1.79 bits per heavy atom. The number of aliphatic hydroxyl groups is 1. The van der Waals surface area contributed by atoms with E-state index < -0.39 is 17.7 Å². The molecule has 2 aromatic rings. The predicted molar refractivity (Wildman–Crippen MR) is 130 cm³/mol. The summed E-state index contributed by atoms with van der Waals surface area (Å²) in [6, 6.07) is 13.2. The number of nitrogens with zero attached hydrogens (tertiary/aromatic N) is 2. The van der Waals surface area contributed by atoms with Crippen molar-refractivity contribution >= 4 is 29.1 Å². The Labute approximate surface area is 200 Å². The third-order valence-corrected chi connectivity index (χ3v) is 6.11. The first-order valence-corrected chi connectivity index (χ1v) is 11.8. The van der Waals surface area contributed by atoms with Gasteiger partial charge in [0.25, 0.3) is 11.7 Å². The van der Waals surface area contributed by atoms with Crippen molar-refractivity contribution in [2.24, 2.45) is 0 Å². The summed E-state index contributed by atoms with van der Waals surface area (Å²) in [5, 5.41) is 11.6. The first-order valence-electron chi connectivity index (χ1n) is 11.4. The van der Waals surface area contributed by atoms with Crippen LogP contribution in [-0.4, -0.2) is 59.4 Å². The minimum Gasteiger partial charge on any atom is -0.507 e. The van der Waals surface area contributed by atoms with Crippen LogP contribution in [-0.2, 0) is 9.59 Å². The normalized spacial score (nSPS) is 17.7. The van der Waals surface area contributed by atoms with E-state index >= 15 is 0 Å². The second-order valence-electron chi connectivity index (χ2n) is 7.95. The molecular weight excluding hydrogens is 440 g/mol. The SMILES string of the molecule is CCCOc1cccc([C@H]2C(=C(O)c3ccc(Cl)cc3)C(=O)C(=O)N2CCN(CC)CC)c1. The molecule has 33 heavy (non-hydrogen) atoms. The van der Waals surface area contributed by atoms with Gasteiger partial charge in [0.2, 0.25) is 0 Å². The van der Waals surface area contributed by atoms with E-state index in [1.807, 2.05) is 31.2 Å². The van der Waals surface area contributed by atoms with E-state index in [4.69, 9.17) is 16.3 Å². The zero-order chi connectivity index (χ0) is 24.0. The fourth-order valence-corrected chi connectivity index (χ4v) is 4.13. The van der Waals surface area contributed by atoms with Crippen LogP contribution in [0.4, 0.5) is 0 Å². The van der Waals surface area contributed by atoms with Crippen molar-refractivity contribution in [2.45, 2.75) is 33.2 Å². The highest BCUT2D eigenvalue weighted by molar-refractivity contribution is 6.46. The lowest BCUT2D eigenvalue weighted by Gasteiger charge is -2.28.